The Bertz CT molecular complexity index is 909. The molecule has 0 saturated carbocycles. The Hall–Kier alpha value is -4.04. The summed E-state index contributed by atoms with van der Waals surface area (Å²) in [4.78, 5) is 71.1. The second-order valence-corrected chi connectivity index (χ2v) is 7.27. The highest BCUT2D eigenvalue weighted by molar-refractivity contribution is 5.96. The molecule has 0 saturated heterocycles. The summed E-state index contributed by atoms with van der Waals surface area (Å²) in [7, 11) is 0. The van der Waals surface area contributed by atoms with Gasteiger partial charge in [-0.1, -0.05) is 30.3 Å². The average molecular weight is 481 g/mol. The molecular formula is C20H27N5O9. The van der Waals surface area contributed by atoms with Crippen LogP contribution in [0, 0.1) is 0 Å². The maximum atomic E-state index is 12.9. The molecule has 0 spiro atoms. The molecule has 1 rings (SSSR count). The van der Waals surface area contributed by atoms with Crippen molar-refractivity contribution in [3.63, 3.8) is 0 Å². The predicted molar refractivity (Wildman–Crippen MR) is 115 cm³/mol. The smallest absolute Gasteiger partial charge is 0.326 e. The van der Waals surface area contributed by atoms with Crippen LogP contribution in [0.4, 0.5) is 0 Å². The lowest BCUT2D eigenvalue weighted by Gasteiger charge is -2.24. The van der Waals surface area contributed by atoms with Gasteiger partial charge in [0.05, 0.1) is 19.4 Å². The maximum absolute atomic E-state index is 12.9. The minimum atomic E-state index is -1.75. The summed E-state index contributed by atoms with van der Waals surface area (Å²) in [6.07, 6.45) is -1.76. The lowest BCUT2D eigenvalue weighted by Crippen LogP contribution is -2.58. The van der Waals surface area contributed by atoms with E-state index in [0.29, 0.717) is 5.56 Å². The first kappa shape index (κ1) is 28.0. The van der Waals surface area contributed by atoms with Crippen LogP contribution in [-0.2, 0) is 35.2 Å². The van der Waals surface area contributed by atoms with E-state index in [1.807, 2.05) is 5.32 Å². The molecule has 0 aromatic heterocycles. The maximum Gasteiger partial charge on any atom is 0.326 e. The summed E-state index contributed by atoms with van der Waals surface area (Å²) in [5.41, 5.74) is 11.0. The van der Waals surface area contributed by atoms with Crippen molar-refractivity contribution in [3.8, 4) is 0 Å². The lowest BCUT2D eigenvalue weighted by molar-refractivity contribution is -0.144. The van der Waals surface area contributed by atoms with Crippen molar-refractivity contribution in [2.24, 2.45) is 11.5 Å². The van der Waals surface area contributed by atoms with Gasteiger partial charge in [0.15, 0.2) is 0 Å². The molecule has 34 heavy (non-hydrogen) atoms. The molecule has 0 aliphatic heterocycles. The Balaban J connectivity index is 3.09. The van der Waals surface area contributed by atoms with E-state index in [1.165, 1.54) is 0 Å². The van der Waals surface area contributed by atoms with Crippen LogP contribution in [0.2, 0.25) is 0 Å². The Morgan fingerprint density at radius 2 is 1.32 bits per heavy atom. The summed E-state index contributed by atoms with van der Waals surface area (Å²) in [6, 6.07) is 2.22. The van der Waals surface area contributed by atoms with Gasteiger partial charge >= 0.3 is 11.9 Å². The molecule has 1 aromatic rings. The number of nitrogens with two attached hydrogens (primary N) is 2. The number of rotatable bonds is 14. The van der Waals surface area contributed by atoms with E-state index in [1.54, 1.807) is 30.3 Å². The molecule has 186 valence electrons. The number of aliphatic hydroxyl groups excluding tert-OH is 1. The van der Waals surface area contributed by atoms with Crippen LogP contribution in [-0.4, -0.2) is 81.7 Å². The molecule has 4 unspecified atom stereocenters. The van der Waals surface area contributed by atoms with E-state index in [2.05, 4.69) is 10.6 Å². The fourth-order valence-corrected chi connectivity index (χ4v) is 2.75. The highest BCUT2D eigenvalue weighted by Gasteiger charge is 2.32. The molecule has 0 aliphatic carbocycles. The molecule has 0 radical (unpaired) electrons. The topological polar surface area (TPSA) is 251 Å². The molecule has 0 aliphatic rings. The number of hydrogen-bond donors (Lipinski definition) is 8. The lowest BCUT2D eigenvalue weighted by atomic mass is 10.0. The van der Waals surface area contributed by atoms with Gasteiger partial charge in [-0.15, -0.1) is 0 Å². The van der Waals surface area contributed by atoms with Gasteiger partial charge in [0.25, 0.3) is 0 Å². The van der Waals surface area contributed by atoms with Crippen molar-refractivity contribution in [1.82, 2.24) is 16.0 Å². The quantitative estimate of drug-likeness (QED) is 0.130. The third kappa shape index (κ3) is 9.62. The number of benzene rings is 1. The van der Waals surface area contributed by atoms with Crippen LogP contribution in [0.5, 0.6) is 0 Å². The van der Waals surface area contributed by atoms with Crippen molar-refractivity contribution < 1.29 is 44.1 Å². The second-order valence-electron chi connectivity index (χ2n) is 7.27. The summed E-state index contributed by atoms with van der Waals surface area (Å²) < 4.78 is 0. The van der Waals surface area contributed by atoms with Gasteiger partial charge in [0, 0.05) is 6.42 Å². The zero-order valence-electron chi connectivity index (χ0n) is 18.0. The van der Waals surface area contributed by atoms with Crippen LogP contribution in [0.1, 0.15) is 18.4 Å². The fraction of sp³-hybridized carbons (Fsp3) is 0.400. The zero-order valence-corrected chi connectivity index (χ0v) is 18.0. The SMILES string of the molecule is NC(=O)CC(NC(=O)C(CC(=O)O)NC(=O)C(Cc1ccccc1)NC(=O)C(N)CO)C(=O)O. The van der Waals surface area contributed by atoms with Crippen LogP contribution in [0.15, 0.2) is 30.3 Å². The molecule has 4 amide bonds. The monoisotopic (exact) mass is 481 g/mol. The van der Waals surface area contributed by atoms with E-state index in [0.717, 1.165) is 0 Å². The molecule has 10 N–H and O–H groups in total. The normalized spacial score (nSPS) is 14.1. The first-order chi connectivity index (χ1) is 15.9. The summed E-state index contributed by atoms with van der Waals surface area (Å²) in [5, 5.41) is 33.8. The van der Waals surface area contributed by atoms with Crippen LogP contribution in [0.3, 0.4) is 0 Å². The van der Waals surface area contributed by atoms with E-state index < -0.39 is 79.2 Å². The zero-order chi connectivity index (χ0) is 25.8. The Morgan fingerprint density at radius 1 is 0.794 bits per heavy atom. The molecule has 0 heterocycles. The van der Waals surface area contributed by atoms with Gasteiger partial charge < -0.3 is 42.7 Å². The van der Waals surface area contributed by atoms with E-state index in [-0.39, 0.29) is 6.42 Å². The van der Waals surface area contributed by atoms with Crippen LogP contribution < -0.4 is 27.4 Å². The summed E-state index contributed by atoms with van der Waals surface area (Å²) >= 11 is 0. The molecule has 0 bridgehead atoms. The number of hydrogen-bond acceptors (Lipinski definition) is 8. The van der Waals surface area contributed by atoms with Crippen molar-refractivity contribution in [3.05, 3.63) is 35.9 Å². The number of carbonyl (C=O) groups excluding carboxylic acids is 4. The number of amides is 4. The Morgan fingerprint density at radius 3 is 1.82 bits per heavy atom. The first-order valence-corrected chi connectivity index (χ1v) is 9.99. The standard InChI is InChI=1S/C20H27N5O9/c21-11(9-26)17(30)23-12(6-10-4-2-1-3-5-10)18(31)24-13(8-16(28)29)19(32)25-14(20(33)34)7-15(22)27/h1-5,11-14,26H,6-9,21H2,(H2,22,27)(H,23,30)(H,24,31)(H,25,32)(H,28,29)(H,33,34). The third-order valence-corrected chi connectivity index (χ3v) is 4.48. The number of carbonyl (C=O) groups is 6. The minimum absolute atomic E-state index is 0.0720. The number of aliphatic hydroxyl groups is 1. The number of primary amides is 1. The molecule has 14 nitrogen and oxygen atoms in total. The molecular weight excluding hydrogens is 454 g/mol. The van der Waals surface area contributed by atoms with Crippen molar-refractivity contribution in [2.75, 3.05) is 6.61 Å². The van der Waals surface area contributed by atoms with Gasteiger partial charge in [-0.25, -0.2) is 4.79 Å². The highest BCUT2D eigenvalue weighted by atomic mass is 16.4. The Kier molecular flexibility index (Phi) is 11.1. The van der Waals surface area contributed by atoms with Gasteiger partial charge in [-0.2, -0.15) is 0 Å². The number of carboxylic acid groups (broad SMARTS) is 2. The van der Waals surface area contributed by atoms with Crippen molar-refractivity contribution in [1.29, 1.82) is 0 Å². The van der Waals surface area contributed by atoms with E-state index in [4.69, 9.17) is 26.8 Å². The van der Waals surface area contributed by atoms with Gasteiger partial charge in [-0.05, 0) is 5.56 Å². The van der Waals surface area contributed by atoms with E-state index in [9.17, 15) is 28.8 Å². The van der Waals surface area contributed by atoms with Crippen molar-refractivity contribution >= 4 is 35.6 Å². The minimum Gasteiger partial charge on any atom is -0.481 e. The van der Waals surface area contributed by atoms with Crippen molar-refractivity contribution in [2.45, 2.75) is 43.4 Å². The first-order valence-electron chi connectivity index (χ1n) is 9.99. The average Bonchev–Trinajstić information content (AvgIpc) is 2.76. The highest BCUT2D eigenvalue weighted by Crippen LogP contribution is 2.06. The summed E-state index contributed by atoms with van der Waals surface area (Å²) in [5.74, 6) is -7.15. The fourth-order valence-electron chi connectivity index (χ4n) is 2.75. The number of carboxylic acids is 2. The molecule has 14 heteroatoms. The third-order valence-electron chi connectivity index (χ3n) is 4.48. The van der Waals surface area contributed by atoms with Crippen LogP contribution in [0.25, 0.3) is 0 Å². The predicted octanol–water partition coefficient (Wildman–Crippen LogP) is -3.56. The van der Waals surface area contributed by atoms with Crippen LogP contribution >= 0.6 is 0 Å². The second kappa shape index (κ2) is 13.5. The largest absolute Gasteiger partial charge is 0.481 e. The number of nitrogens with one attached hydrogen (secondary N) is 3. The summed E-state index contributed by atoms with van der Waals surface area (Å²) in [6.45, 7) is -0.702. The van der Waals surface area contributed by atoms with Gasteiger partial charge in [0.2, 0.25) is 23.6 Å². The molecule has 1 aromatic carbocycles. The van der Waals surface area contributed by atoms with Gasteiger partial charge in [0.1, 0.15) is 24.2 Å². The van der Waals surface area contributed by atoms with Gasteiger partial charge in [-0.3, -0.25) is 24.0 Å². The van der Waals surface area contributed by atoms with E-state index >= 15 is 0 Å². The number of aliphatic carboxylic acids is 2. The molecule has 0 fully saturated rings. The Labute approximate surface area is 193 Å². The molecule has 4 atom stereocenters.